The minimum atomic E-state index is -5.99. The van der Waals surface area contributed by atoms with E-state index in [1.807, 2.05) is 0 Å². The van der Waals surface area contributed by atoms with Crippen molar-refractivity contribution in [2.45, 2.75) is 119 Å². The van der Waals surface area contributed by atoms with Crippen LogP contribution in [0.2, 0.25) is 0 Å². The van der Waals surface area contributed by atoms with Gasteiger partial charge in [0.25, 0.3) is 0 Å². The highest BCUT2D eigenvalue weighted by Crippen LogP contribution is 2.55. The number of carbonyl (C=O) groups is 1. The molecule has 0 saturated heterocycles. The highest BCUT2D eigenvalue weighted by Gasteiger charge is 2.61. The second-order valence-corrected chi connectivity index (χ2v) is 14.1. The molecule has 5 aliphatic rings. The molecule has 0 aromatic carbocycles. The SMILES string of the molecule is O=C(NC(C1CCCCC1)(C1CCCCC1)C1CCCCC1)C(F)(F)S(=O)(=O)On1c(O)c2c(c1O)C1C=CC2O1. The van der Waals surface area contributed by atoms with E-state index in [0.717, 1.165) is 96.3 Å². The van der Waals surface area contributed by atoms with Crippen LogP contribution in [0.4, 0.5) is 8.78 Å². The van der Waals surface area contributed by atoms with Crippen LogP contribution in [-0.2, 0) is 19.6 Å². The van der Waals surface area contributed by atoms with Crippen molar-refractivity contribution in [2.24, 2.45) is 17.8 Å². The van der Waals surface area contributed by atoms with Crippen LogP contribution in [-0.4, -0.2) is 40.1 Å². The molecule has 1 aromatic rings. The zero-order valence-corrected chi connectivity index (χ0v) is 24.0. The number of hydrogen-bond acceptors (Lipinski definition) is 7. The number of rotatable bonds is 8. The van der Waals surface area contributed by atoms with E-state index >= 15 is 8.78 Å². The van der Waals surface area contributed by atoms with Crippen LogP contribution >= 0.6 is 0 Å². The molecule has 0 spiro atoms. The summed E-state index contributed by atoms with van der Waals surface area (Å²) < 4.78 is 67.9. The van der Waals surface area contributed by atoms with E-state index in [9.17, 15) is 23.4 Å². The van der Waals surface area contributed by atoms with E-state index in [-0.39, 0.29) is 33.6 Å². The second kappa shape index (κ2) is 10.7. The molecule has 3 aliphatic carbocycles. The largest absolute Gasteiger partial charge is 0.492 e. The first-order valence-corrected chi connectivity index (χ1v) is 16.6. The molecule has 2 aliphatic heterocycles. The van der Waals surface area contributed by atoms with Gasteiger partial charge in [-0.2, -0.15) is 17.2 Å². The smallest absolute Gasteiger partial charge is 0.459 e. The molecule has 3 heterocycles. The zero-order chi connectivity index (χ0) is 29.0. The Bertz CT molecular complexity index is 1210. The summed E-state index contributed by atoms with van der Waals surface area (Å²) >= 11 is 0. The Hall–Kier alpha value is -2.34. The Morgan fingerprint density at radius 1 is 0.805 bits per heavy atom. The summed E-state index contributed by atoms with van der Waals surface area (Å²) in [6.45, 7) is 0. The Morgan fingerprint density at radius 2 is 1.20 bits per heavy atom. The van der Waals surface area contributed by atoms with Crippen molar-refractivity contribution < 1.29 is 41.2 Å². The third-order valence-corrected chi connectivity index (χ3v) is 11.6. The van der Waals surface area contributed by atoms with Gasteiger partial charge in [-0.05, 0) is 56.3 Å². The number of nitrogens with zero attached hydrogens (tertiary/aromatic N) is 1. The normalized spacial score (nSPS) is 26.3. The number of carbonyl (C=O) groups excluding carboxylic acids is 1. The lowest BCUT2D eigenvalue weighted by Crippen LogP contribution is -2.67. The number of amides is 1. The monoisotopic (exact) mass is 598 g/mol. The molecular formula is C29H40F2N2O7S. The first kappa shape index (κ1) is 28.8. The number of alkyl halides is 2. The topological polar surface area (TPSA) is 127 Å². The minimum Gasteiger partial charge on any atom is -0.492 e. The van der Waals surface area contributed by atoms with Crippen LogP contribution in [0.5, 0.6) is 11.8 Å². The predicted octanol–water partition coefficient (Wildman–Crippen LogP) is 5.53. The third-order valence-electron chi connectivity index (χ3n) is 10.4. The van der Waals surface area contributed by atoms with Crippen molar-refractivity contribution >= 4 is 16.0 Å². The van der Waals surface area contributed by atoms with Crippen LogP contribution < -0.4 is 9.60 Å². The average molecular weight is 599 g/mol. The van der Waals surface area contributed by atoms with Crippen LogP contribution in [0.25, 0.3) is 0 Å². The molecule has 9 nitrogen and oxygen atoms in total. The summed E-state index contributed by atoms with van der Waals surface area (Å²) in [5.41, 5.74) is -0.828. The van der Waals surface area contributed by atoms with Gasteiger partial charge in [0, 0.05) is 5.54 Å². The molecular weight excluding hydrogens is 558 g/mol. The predicted molar refractivity (Wildman–Crippen MR) is 145 cm³/mol. The number of aromatic hydroxyl groups is 2. The maximum absolute atomic E-state index is 15.8. The van der Waals surface area contributed by atoms with E-state index in [1.165, 1.54) is 0 Å². The number of nitrogens with one attached hydrogen (secondary N) is 1. The van der Waals surface area contributed by atoms with Gasteiger partial charge >= 0.3 is 21.3 Å². The van der Waals surface area contributed by atoms with Gasteiger partial charge in [-0.15, -0.1) is 0 Å². The highest BCUT2D eigenvalue weighted by molar-refractivity contribution is 7.88. The van der Waals surface area contributed by atoms with Crippen LogP contribution in [0.1, 0.15) is 120 Å². The summed E-state index contributed by atoms with van der Waals surface area (Å²) in [7, 11) is -5.99. The Labute approximate surface area is 239 Å². The van der Waals surface area contributed by atoms with Gasteiger partial charge in [-0.3, -0.25) is 9.08 Å². The molecule has 1 amide bonds. The van der Waals surface area contributed by atoms with Crippen molar-refractivity contribution in [3.63, 3.8) is 0 Å². The molecule has 3 saturated carbocycles. The van der Waals surface area contributed by atoms with Crippen molar-refractivity contribution in [2.75, 3.05) is 0 Å². The molecule has 0 radical (unpaired) electrons. The molecule has 41 heavy (non-hydrogen) atoms. The van der Waals surface area contributed by atoms with Crippen molar-refractivity contribution in [1.82, 2.24) is 10.0 Å². The van der Waals surface area contributed by atoms with Crippen LogP contribution in [0.3, 0.4) is 0 Å². The summed E-state index contributed by atoms with van der Waals surface area (Å²) in [5.74, 6) is -3.65. The first-order chi connectivity index (χ1) is 19.6. The second-order valence-electron chi connectivity index (χ2n) is 12.6. The van der Waals surface area contributed by atoms with E-state index in [2.05, 4.69) is 9.60 Å². The number of aromatic nitrogens is 1. The number of ether oxygens (including phenoxy) is 1. The molecule has 2 unspecified atom stereocenters. The van der Waals surface area contributed by atoms with E-state index in [1.54, 1.807) is 12.2 Å². The molecule has 6 rings (SSSR count). The fraction of sp³-hybridized carbons (Fsp3) is 0.759. The number of halogens is 2. The zero-order valence-electron chi connectivity index (χ0n) is 23.2. The summed E-state index contributed by atoms with van der Waals surface area (Å²) in [6, 6.07) is 0. The first-order valence-electron chi connectivity index (χ1n) is 15.2. The van der Waals surface area contributed by atoms with Gasteiger partial charge in [0.2, 0.25) is 11.8 Å². The van der Waals surface area contributed by atoms with E-state index in [4.69, 9.17) is 4.74 Å². The van der Waals surface area contributed by atoms with Crippen LogP contribution in [0, 0.1) is 17.8 Å². The molecule has 12 heteroatoms. The fourth-order valence-corrected chi connectivity index (χ4v) is 9.25. The van der Waals surface area contributed by atoms with Gasteiger partial charge in [0.1, 0.15) is 12.2 Å². The van der Waals surface area contributed by atoms with E-state index < -0.39 is 50.8 Å². The van der Waals surface area contributed by atoms with Gasteiger partial charge in [-0.25, -0.2) is 0 Å². The average Bonchev–Trinajstić information content (AvgIpc) is 3.67. The van der Waals surface area contributed by atoms with Crippen molar-refractivity contribution in [3.05, 3.63) is 23.3 Å². The van der Waals surface area contributed by atoms with Gasteiger partial charge in [0.05, 0.1) is 11.1 Å². The number of fused-ring (bicyclic) bond motifs is 5. The Kier molecular flexibility index (Phi) is 7.53. The highest BCUT2D eigenvalue weighted by atomic mass is 32.2. The maximum atomic E-state index is 15.8. The molecule has 2 bridgehead atoms. The summed E-state index contributed by atoms with van der Waals surface area (Å²) in [6.07, 6.45) is 15.5. The summed E-state index contributed by atoms with van der Waals surface area (Å²) in [4.78, 5) is 13.6. The van der Waals surface area contributed by atoms with Crippen molar-refractivity contribution in [1.29, 1.82) is 0 Å². The molecule has 2 atom stereocenters. The summed E-state index contributed by atoms with van der Waals surface area (Å²) in [5, 5.41) is 18.9. The molecule has 1 aromatic heterocycles. The maximum Gasteiger partial charge on any atom is 0.459 e. The Balaban J connectivity index is 1.32. The Morgan fingerprint density at radius 3 is 1.59 bits per heavy atom. The third kappa shape index (κ3) is 4.63. The lowest BCUT2D eigenvalue weighted by Gasteiger charge is -2.55. The van der Waals surface area contributed by atoms with Gasteiger partial charge < -0.3 is 20.3 Å². The molecule has 3 N–H and O–H groups in total. The lowest BCUT2D eigenvalue weighted by molar-refractivity contribution is -0.143. The van der Waals surface area contributed by atoms with Crippen LogP contribution in [0.15, 0.2) is 12.2 Å². The number of hydrogen-bond donors (Lipinski definition) is 3. The molecule has 3 fully saturated rings. The van der Waals surface area contributed by atoms with E-state index in [0.29, 0.717) is 0 Å². The van der Waals surface area contributed by atoms with Crippen molar-refractivity contribution in [3.8, 4) is 11.8 Å². The standard InChI is InChI=1S/C29H40F2N2O7S/c30-29(31,41(37,38)40-33-25(34)23-21-16-17-22(39-21)24(23)26(33)35)27(36)32-28(18-10-4-1-5-11-18,19-12-6-2-7-13-19)20-14-8-3-9-15-20/h16-22,34-35H,1-15H2,(H,32,36). The lowest BCUT2D eigenvalue weighted by atomic mass is 9.56. The molecule has 228 valence electrons. The fourth-order valence-electron chi connectivity index (χ4n) is 8.55. The van der Waals surface area contributed by atoms with Gasteiger partial charge in [0.15, 0.2) is 0 Å². The quantitative estimate of drug-likeness (QED) is 0.336. The minimum absolute atomic E-state index is 0.00527. The van der Waals surface area contributed by atoms with Gasteiger partial charge in [-0.1, -0.05) is 74.7 Å².